The van der Waals surface area contributed by atoms with Crippen molar-refractivity contribution in [2.45, 2.75) is 77.2 Å². The van der Waals surface area contributed by atoms with Crippen LogP contribution in [-0.2, 0) is 6.42 Å². The molecule has 0 saturated heterocycles. The van der Waals surface area contributed by atoms with Gasteiger partial charge in [0.1, 0.15) is 0 Å². The van der Waals surface area contributed by atoms with Gasteiger partial charge < -0.3 is 5.11 Å². The maximum absolute atomic E-state index is 10.9. The number of rotatable bonds is 2. The van der Waals surface area contributed by atoms with Crippen LogP contribution in [0.15, 0.2) is 18.2 Å². The molecule has 1 aromatic rings. The van der Waals surface area contributed by atoms with Crippen molar-refractivity contribution in [1.82, 2.24) is 0 Å². The summed E-state index contributed by atoms with van der Waals surface area (Å²) in [6.45, 7) is 4.32. The fraction of sp³-hybridized carbons (Fsp3) is 0.684. The molecule has 0 unspecified atom stereocenters. The minimum absolute atomic E-state index is 0.449. The minimum atomic E-state index is -0.449. The Morgan fingerprint density at radius 1 is 0.900 bits per heavy atom. The summed E-state index contributed by atoms with van der Waals surface area (Å²) in [7, 11) is 0. The van der Waals surface area contributed by atoms with Gasteiger partial charge in [0.25, 0.3) is 0 Å². The molecule has 1 nitrogen and oxygen atoms in total. The van der Waals surface area contributed by atoms with E-state index in [1.165, 1.54) is 55.2 Å². The average Bonchev–Trinajstić information content (AvgIpc) is 2.87. The molecule has 0 heterocycles. The zero-order valence-electron chi connectivity index (χ0n) is 13.0. The van der Waals surface area contributed by atoms with E-state index in [4.69, 9.17) is 0 Å². The van der Waals surface area contributed by atoms with Crippen molar-refractivity contribution in [3.8, 4) is 0 Å². The first-order valence-electron chi connectivity index (χ1n) is 8.29. The second-order valence-electron chi connectivity index (χ2n) is 7.53. The smallest absolute Gasteiger partial charge is 0.0688 e. The summed E-state index contributed by atoms with van der Waals surface area (Å²) in [5.41, 5.74) is 4.15. The van der Waals surface area contributed by atoms with E-state index in [9.17, 15) is 5.11 Å². The third kappa shape index (κ3) is 2.79. The molecule has 2 saturated carbocycles. The summed E-state index contributed by atoms with van der Waals surface area (Å²) in [6, 6.07) is 6.64. The minimum Gasteiger partial charge on any atom is -0.390 e. The predicted molar refractivity (Wildman–Crippen MR) is 83.9 cm³/mol. The molecule has 1 spiro atoms. The van der Waals surface area contributed by atoms with Crippen molar-refractivity contribution in [1.29, 1.82) is 0 Å². The van der Waals surface area contributed by atoms with E-state index in [-0.39, 0.29) is 0 Å². The quantitative estimate of drug-likeness (QED) is 0.826. The molecule has 110 valence electrons. The van der Waals surface area contributed by atoms with Crippen LogP contribution in [-0.4, -0.2) is 10.7 Å². The summed E-state index contributed by atoms with van der Waals surface area (Å²) in [6.07, 6.45) is 11.0. The molecule has 0 aliphatic heterocycles. The van der Waals surface area contributed by atoms with Crippen molar-refractivity contribution in [2.75, 3.05) is 0 Å². The monoisotopic (exact) mass is 272 g/mol. The van der Waals surface area contributed by atoms with Crippen LogP contribution in [0.25, 0.3) is 0 Å². The van der Waals surface area contributed by atoms with Gasteiger partial charge in [-0.2, -0.15) is 0 Å². The van der Waals surface area contributed by atoms with Crippen LogP contribution in [0.5, 0.6) is 0 Å². The first-order valence-corrected chi connectivity index (χ1v) is 8.29. The van der Waals surface area contributed by atoms with E-state index >= 15 is 0 Å². The Bertz CT molecular complexity index is 473. The Hall–Kier alpha value is -0.820. The molecule has 1 heteroatoms. The molecule has 2 aliphatic rings. The lowest BCUT2D eigenvalue weighted by atomic mass is 9.66. The fourth-order valence-corrected chi connectivity index (χ4v) is 4.34. The van der Waals surface area contributed by atoms with Crippen molar-refractivity contribution in [3.63, 3.8) is 0 Å². The Kier molecular flexibility index (Phi) is 3.66. The molecule has 0 amide bonds. The van der Waals surface area contributed by atoms with Gasteiger partial charge in [-0.05, 0) is 74.5 Å². The van der Waals surface area contributed by atoms with Gasteiger partial charge in [0.05, 0.1) is 5.60 Å². The highest BCUT2D eigenvalue weighted by atomic mass is 16.3. The predicted octanol–water partition coefficient (Wildman–Crippen LogP) is 4.71. The molecule has 0 bridgehead atoms. The number of hydrogen-bond donors (Lipinski definition) is 1. The lowest BCUT2D eigenvalue weighted by molar-refractivity contribution is -0.0322. The molecule has 20 heavy (non-hydrogen) atoms. The summed E-state index contributed by atoms with van der Waals surface area (Å²) in [4.78, 5) is 0. The molecule has 2 aliphatic carbocycles. The largest absolute Gasteiger partial charge is 0.390 e. The van der Waals surface area contributed by atoms with Crippen molar-refractivity contribution in [3.05, 3.63) is 34.9 Å². The van der Waals surface area contributed by atoms with Gasteiger partial charge in [-0.1, -0.05) is 31.0 Å². The van der Waals surface area contributed by atoms with Crippen molar-refractivity contribution in [2.24, 2.45) is 5.41 Å². The highest BCUT2D eigenvalue weighted by Gasteiger charge is 2.42. The zero-order chi connectivity index (χ0) is 14.2. The van der Waals surface area contributed by atoms with Gasteiger partial charge in [0, 0.05) is 6.42 Å². The van der Waals surface area contributed by atoms with Gasteiger partial charge in [0.2, 0.25) is 0 Å². The van der Waals surface area contributed by atoms with E-state index in [0.29, 0.717) is 5.41 Å². The summed E-state index contributed by atoms with van der Waals surface area (Å²) in [5, 5.41) is 10.9. The van der Waals surface area contributed by atoms with Crippen molar-refractivity contribution >= 4 is 0 Å². The number of benzene rings is 1. The Morgan fingerprint density at radius 3 is 2.15 bits per heavy atom. The maximum atomic E-state index is 10.9. The van der Waals surface area contributed by atoms with E-state index < -0.39 is 5.60 Å². The topological polar surface area (TPSA) is 20.2 Å². The Morgan fingerprint density at radius 2 is 1.55 bits per heavy atom. The van der Waals surface area contributed by atoms with E-state index in [0.717, 1.165) is 19.3 Å². The second-order valence-corrected chi connectivity index (χ2v) is 7.53. The fourth-order valence-electron chi connectivity index (χ4n) is 4.34. The molecule has 1 aromatic carbocycles. The maximum Gasteiger partial charge on any atom is 0.0688 e. The van der Waals surface area contributed by atoms with Gasteiger partial charge in [0.15, 0.2) is 0 Å². The van der Waals surface area contributed by atoms with E-state index in [2.05, 4.69) is 32.0 Å². The molecule has 0 aromatic heterocycles. The zero-order valence-corrected chi connectivity index (χ0v) is 13.0. The summed E-state index contributed by atoms with van der Waals surface area (Å²) < 4.78 is 0. The standard InChI is InChI=1S/C19H28O/c1-15-5-6-17(13-16(15)2)14-19(20)11-9-18(10-12-19)7-3-4-8-18/h5-6,13,20H,3-4,7-12,14H2,1-2H3. The van der Waals surface area contributed by atoms with Crippen LogP contribution in [0.1, 0.15) is 68.1 Å². The number of aliphatic hydroxyl groups is 1. The Balaban J connectivity index is 1.66. The van der Waals surface area contributed by atoms with Gasteiger partial charge in [-0.25, -0.2) is 0 Å². The van der Waals surface area contributed by atoms with Gasteiger partial charge >= 0.3 is 0 Å². The van der Waals surface area contributed by atoms with Gasteiger partial charge in [-0.3, -0.25) is 0 Å². The van der Waals surface area contributed by atoms with E-state index in [1.54, 1.807) is 0 Å². The van der Waals surface area contributed by atoms with Crippen LogP contribution in [0.4, 0.5) is 0 Å². The molecular formula is C19H28O. The van der Waals surface area contributed by atoms with Crippen LogP contribution < -0.4 is 0 Å². The molecule has 1 N–H and O–H groups in total. The average molecular weight is 272 g/mol. The first-order chi connectivity index (χ1) is 9.50. The summed E-state index contributed by atoms with van der Waals surface area (Å²) >= 11 is 0. The lowest BCUT2D eigenvalue weighted by Crippen LogP contribution is -2.39. The first kappa shape index (κ1) is 14.1. The Labute approximate surface area is 123 Å². The van der Waals surface area contributed by atoms with Crippen LogP contribution in [0, 0.1) is 19.3 Å². The summed E-state index contributed by atoms with van der Waals surface area (Å²) in [5.74, 6) is 0. The molecule has 3 rings (SSSR count). The SMILES string of the molecule is Cc1ccc(CC2(O)CCC3(CCCC3)CC2)cc1C. The van der Waals surface area contributed by atoms with Crippen LogP contribution in [0.3, 0.4) is 0 Å². The molecule has 0 radical (unpaired) electrons. The van der Waals surface area contributed by atoms with Crippen molar-refractivity contribution < 1.29 is 5.11 Å². The van der Waals surface area contributed by atoms with E-state index in [1.807, 2.05) is 0 Å². The third-order valence-electron chi connectivity index (χ3n) is 6.01. The second kappa shape index (κ2) is 5.18. The third-order valence-corrected chi connectivity index (χ3v) is 6.01. The van der Waals surface area contributed by atoms with Crippen LogP contribution >= 0.6 is 0 Å². The van der Waals surface area contributed by atoms with Crippen LogP contribution in [0.2, 0.25) is 0 Å². The number of aryl methyl sites for hydroxylation is 2. The normalized spacial score (nSPS) is 24.1. The molecule has 2 fully saturated rings. The number of hydrogen-bond acceptors (Lipinski definition) is 1. The highest BCUT2D eigenvalue weighted by molar-refractivity contribution is 5.30. The molecular weight excluding hydrogens is 244 g/mol. The lowest BCUT2D eigenvalue weighted by Gasteiger charge is -2.42. The highest BCUT2D eigenvalue weighted by Crippen LogP contribution is 2.51. The van der Waals surface area contributed by atoms with Gasteiger partial charge in [-0.15, -0.1) is 0 Å². The molecule has 0 atom stereocenters.